The number of aromatic hydroxyl groups is 1. The maximum absolute atomic E-state index is 13.2. The summed E-state index contributed by atoms with van der Waals surface area (Å²) in [6.07, 6.45) is 0.547. The molecule has 0 aromatic heterocycles. The largest absolute Gasteiger partial charge is 0.508 e. The number of hydrogen-bond donors (Lipinski definition) is 1. The molecule has 72 valence electrons. The lowest BCUT2D eigenvalue weighted by molar-refractivity contribution is 0.383. The molecule has 0 saturated heterocycles. The Morgan fingerprint density at radius 2 is 1.92 bits per heavy atom. The third-order valence-electron chi connectivity index (χ3n) is 1.80. The average molecular weight is 182 g/mol. The van der Waals surface area contributed by atoms with Gasteiger partial charge >= 0.3 is 0 Å². The molecule has 1 N–H and O–H groups in total. The third-order valence-corrected chi connectivity index (χ3v) is 1.80. The van der Waals surface area contributed by atoms with Gasteiger partial charge in [0, 0.05) is 5.56 Å². The molecule has 0 bridgehead atoms. The molecular weight excluding hydrogens is 167 g/mol. The summed E-state index contributed by atoms with van der Waals surface area (Å²) in [6.45, 7) is 6.04. The maximum Gasteiger partial charge on any atom is 0.130 e. The Hall–Kier alpha value is -1.05. The summed E-state index contributed by atoms with van der Waals surface area (Å²) in [5.74, 6) is -0.273. The van der Waals surface area contributed by atoms with Crippen molar-refractivity contribution in [3.8, 4) is 5.75 Å². The highest BCUT2D eigenvalue weighted by molar-refractivity contribution is 5.33. The third kappa shape index (κ3) is 2.72. The highest BCUT2D eigenvalue weighted by atomic mass is 19.1. The van der Waals surface area contributed by atoms with Gasteiger partial charge in [0.05, 0.1) is 0 Å². The number of phenolic OH excluding ortho intramolecular Hbond substituents is 1. The average Bonchev–Trinajstić information content (AvgIpc) is 1.95. The van der Waals surface area contributed by atoms with Crippen LogP contribution in [0.4, 0.5) is 4.39 Å². The number of benzene rings is 1. The van der Waals surface area contributed by atoms with Gasteiger partial charge in [-0.3, -0.25) is 0 Å². The van der Waals surface area contributed by atoms with E-state index in [0.717, 1.165) is 0 Å². The van der Waals surface area contributed by atoms with Gasteiger partial charge in [-0.1, -0.05) is 26.8 Å². The quantitative estimate of drug-likeness (QED) is 0.707. The summed E-state index contributed by atoms with van der Waals surface area (Å²) in [5, 5.41) is 9.41. The van der Waals surface area contributed by atoms with E-state index in [9.17, 15) is 9.50 Å². The van der Waals surface area contributed by atoms with Gasteiger partial charge in [0.15, 0.2) is 0 Å². The maximum atomic E-state index is 13.2. The SMILES string of the molecule is CC(C)(C)Cc1c(O)cccc1F. The van der Waals surface area contributed by atoms with E-state index in [1.54, 1.807) is 0 Å². The number of halogens is 1. The number of rotatable bonds is 1. The zero-order valence-corrected chi connectivity index (χ0v) is 8.26. The summed E-state index contributed by atoms with van der Waals surface area (Å²) in [6, 6.07) is 4.40. The summed E-state index contributed by atoms with van der Waals surface area (Å²) in [7, 11) is 0. The van der Waals surface area contributed by atoms with E-state index in [1.807, 2.05) is 20.8 Å². The van der Waals surface area contributed by atoms with Crippen molar-refractivity contribution in [1.82, 2.24) is 0 Å². The zero-order valence-electron chi connectivity index (χ0n) is 8.26. The Balaban J connectivity index is 3.00. The van der Waals surface area contributed by atoms with Crippen LogP contribution >= 0.6 is 0 Å². The van der Waals surface area contributed by atoms with Crippen molar-refractivity contribution < 1.29 is 9.50 Å². The highest BCUT2D eigenvalue weighted by Gasteiger charge is 2.16. The van der Waals surface area contributed by atoms with Crippen LogP contribution < -0.4 is 0 Å². The van der Waals surface area contributed by atoms with Crippen LogP contribution in [0.3, 0.4) is 0 Å². The first-order chi connectivity index (χ1) is 5.90. The van der Waals surface area contributed by atoms with Crippen LogP contribution in [0.2, 0.25) is 0 Å². The Morgan fingerprint density at radius 3 is 2.38 bits per heavy atom. The van der Waals surface area contributed by atoms with Crippen molar-refractivity contribution in [3.05, 3.63) is 29.6 Å². The van der Waals surface area contributed by atoms with Crippen LogP contribution in [0.25, 0.3) is 0 Å². The summed E-state index contributed by atoms with van der Waals surface area (Å²) in [4.78, 5) is 0. The molecule has 2 heteroatoms. The van der Waals surface area contributed by atoms with Crippen molar-refractivity contribution in [2.75, 3.05) is 0 Å². The summed E-state index contributed by atoms with van der Waals surface area (Å²) < 4.78 is 13.2. The van der Waals surface area contributed by atoms with Crippen LogP contribution in [0.15, 0.2) is 18.2 Å². The molecule has 0 saturated carbocycles. The van der Waals surface area contributed by atoms with Gasteiger partial charge in [0.1, 0.15) is 11.6 Å². The highest BCUT2D eigenvalue weighted by Crippen LogP contribution is 2.28. The van der Waals surface area contributed by atoms with E-state index in [0.29, 0.717) is 12.0 Å². The molecule has 0 amide bonds. The van der Waals surface area contributed by atoms with E-state index in [4.69, 9.17) is 0 Å². The smallest absolute Gasteiger partial charge is 0.130 e. The minimum absolute atomic E-state index is 0.0142. The van der Waals surface area contributed by atoms with E-state index in [2.05, 4.69) is 0 Å². The van der Waals surface area contributed by atoms with Crippen LogP contribution in [0.5, 0.6) is 5.75 Å². The summed E-state index contributed by atoms with van der Waals surface area (Å²) in [5.41, 5.74) is 0.398. The Kier molecular flexibility index (Phi) is 2.60. The predicted octanol–water partition coefficient (Wildman–Crippen LogP) is 3.12. The van der Waals surface area contributed by atoms with Crippen LogP contribution in [0, 0.1) is 11.2 Å². The zero-order chi connectivity index (χ0) is 10.1. The van der Waals surface area contributed by atoms with Gasteiger partial charge < -0.3 is 5.11 Å². The molecular formula is C11H15FO. The van der Waals surface area contributed by atoms with Crippen LogP contribution in [-0.2, 0) is 6.42 Å². The first kappa shape index (κ1) is 10.0. The molecule has 13 heavy (non-hydrogen) atoms. The van der Waals surface area contributed by atoms with Gasteiger partial charge in [-0.05, 0) is 24.0 Å². The van der Waals surface area contributed by atoms with Crippen molar-refractivity contribution in [2.45, 2.75) is 27.2 Å². The second kappa shape index (κ2) is 3.36. The van der Waals surface area contributed by atoms with E-state index >= 15 is 0 Å². The fraction of sp³-hybridized carbons (Fsp3) is 0.455. The van der Waals surface area contributed by atoms with E-state index in [-0.39, 0.29) is 17.0 Å². The lowest BCUT2D eigenvalue weighted by atomic mass is 9.87. The lowest BCUT2D eigenvalue weighted by Gasteiger charge is -2.19. The van der Waals surface area contributed by atoms with Gasteiger partial charge in [0.25, 0.3) is 0 Å². The van der Waals surface area contributed by atoms with Crippen molar-refractivity contribution in [3.63, 3.8) is 0 Å². The van der Waals surface area contributed by atoms with Gasteiger partial charge in [-0.25, -0.2) is 4.39 Å². The van der Waals surface area contributed by atoms with E-state index in [1.165, 1.54) is 18.2 Å². The normalized spacial score (nSPS) is 11.7. The van der Waals surface area contributed by atoms with Crippen molar-refractivity contribution in [1.29, 1.82) is 0 Å². The molecule has 0 fully saturated rings. The second-order valence-corrected chi connectivity index (χ2v) is 4.47. The molecule has 0 aliphatic carbocycles. The number of phenols is 1. The fourth-order valence-electron chi connectivity index (χ4n) is 1.25. The number of hydrogen-bond acceptors (Lipinski definition) is 1. The molecule has 1 aromatic carbocycles. The van der Waals surface area contributed by atoms with Crippen molar-refractivity contribution >= 4 is 0 Å². The molecule has 0 unspecified atom stereocenters. The Morgan fingerprint density at radius 1 is 1.31 bits per heavy atom. The minimum atomic E-state index is -0.324. The molecule has 0 aliphatic rings. The molecule has 1 nitrogen and oxygen atoms in total. The second-order valence-electron chi connectivity index (χ2n) is 4.47. The van der Waals surface area contributed by atoms with Crippen LogP contribution in [0.1, 0.15) is 26.3 Å². The standard InChI is InChI=1S/C11H15FO/c1-11(2,3)7-8-9(12)5-4-6-10(8)13/h4-6,13H,7H2,1-3H3. The molecule has 1 aromatic rings. The monoisotopic (exact) mass is 182 g/mol. The molecule has 1 rings (SSSR count). The molecule has 0 atom stereocenters. The topological polar surface area (TPSA) is 20.2 Å². The first-order valence-electron chi connectivity index (χ1n) is 4.36. The molecule has 0 aliphatic heterocycles. The Labute approximate surface area is 78.2 Å². The summed E-state index contributed by atoms with van der Waals surface area (Å²) >= 11 is 0. The van der Waals surface area contributed by atoms with Gasteiger partial charge in [0.2, 0.25) is 0 Å². The molecule has 0 heterocycles. The lowest BCUT2D eigenvalue weighted by Crippen LogP contribution is -2.10. The minimum Gasteiger partial charge on any atom is -0.508 e. The molecule has 0 spiro atoms. The Bertz CT molecular complexity index is 279. The van der Waals surface area contributed by atoms with Crippen molar-refractivity contribution in [2.24, 2.45) is 5.41 Å². The van der Waals surface area contributed by atoms with Gasteiger partial charge in [-0.15, -0.1) is 0 Å². The van der Waals surface area contributed by atoms with E-state index < -0.39 is 0 Å². The molecule has 0 radical (unpaired) electrons. The fourth-order valence-corrected chi connectivity index (χ4v) is 1.25. The van der Waals surface area contributed by atoms with Crippen LogP contribution in [-0.4, -0.2) is 5.11 Å². The predicted molar refractivity (Wildman–Crippen MR) is 51.2 cm³/mol. The van der Waals surface area contributed by atoms with Gasteiger partial charge in [-0.2, -0.15) is 0 Å². The first-order valence-corrected chi connectivity index (χ1v) is 4.36.